The number of pyridine rings is 2. The summed E-state index contributed by atoms with van der Waals surface area (Å²) in [5.41, 5.74) is 4.02. The summed E-state index contributed by atoms with van der Waals surface area (Å²) in [7, 11) is 3.40. The molecule has 0 bridgehead atoms. The van der Waals surface area contributed by atoms with Crippen molar-refractivity contribution in [2.45, 2.75) is 51.6 Å². The van der Waals surface area contributed by atoms with E-state index in [4.69, 9.17) is 9.47 Å². The first-order valence-corrected chi connectivity index (χ1v) is 15.6. The summed E-state index contributed by atoms with van der Waals surface area (Å²) in [5, 5.41) is 20.0. The van der Waals surface area contributed by atoms with Gasteiger partial charge in [0.1, 0.15) is 11.5 Å². The van der Waals surface area contributed by atoms with Gasteiger partial charge in [0, 0.05) is 73.6 Å². The highest BCUT2D eigenvalue weighted by Crippen LogP contribution is 2.29. The molecule has 0 aliphatic carbocycles. The Hall–Kier alpha value is -3.08. The second kappa shape index (κ2) is 20.9. The fraction of sp³-hybridized carbons (Fsp3) is 0.471. The first-order chi connectivity index (χ1) is 21.1. The zero-order valence-electron chi connectivity index (χ0n) is 27.0. The molecule has 2 unspecified atom stereocenters. The van der Waals surface area contributed by atoms with Crippen LogP contribution < -0.4 is 36.1 Å². The number of hydrogen-bond acceptors (Lipinski definition) is 9. The first-order valence-electron chi connectivity index (χ1n) is 15.6. The molecule has 0 radical (unpaired) electrons. The fourth-order valence-corrected chi connectivity index (χ4v) is 5.26. The SMILES string of the molecule is COc1cc(NC(C)CCCNCCNCCNCCCC(C)Nc2cc(OC)cc3cccnc23)c2ncccc2c1.Cl.Cl. The lowest BCUT2D eigenvalue weighted by Crippen LogP contribution is -2.33. The molecule has 4 rings (SSSR count). The van der Waals surface area contributed by atoms with E-state index < -0.39 is 0 Å². The van der Waals surface area contributed by atoms with Gasteiger partial charge < -0.3 is 36.1 Å². The maximum atomic E-state index is 5.47. The van der Waals surface area contributed by atoms with Crippen LogP contribution in [0.25, 0.3) is 21.8 Å². The number of nitrogens with zero attached hydrogens (tertiary/aromatic N) is 2. The van der Waals surface area contributed by atoms with E-state index in [0.29, 0.717) is 12.1 Å². The Labute approximate surface area is 280 Å². The topological polar surface area (TPSA) is 104 Å². The smallest absolute Gasteiger partial charge is 0.121 e. The van der Waals surface area contributed by atoms with E-state index in [1.165, 1.54) is 0 Å². The third-order valence-electron chi connectivity index (χ3n) is 7.57. The second-order valence-corrected chi connectivity index (χ2v) is 11.1. The Morgan fingerprint density at radius 3 is 1.40 bits per heavy atom. The molecule has 2 aromatic carbocycles. The number of methoxy groups -OCH3 is 2. The monoisotopic (exact) mass is 659 g/mol. The summed E-state index contributed by atoms with van der Waals surface area (Å²) in [4.78, 5) is 9.12. The summed E-state index contributed by atoms with van der Waals surface area (Å²) in [6, 6.07) is 16.9. The van der Waals surface area contributed by atoms with Gasteiger partial charge in [-0.25, -0.2) is 0 Å². The van der Waals surface area contributed by atoms with Gasteiger partial charge in [0.25, 0.3) is 0 Å². The van der Waals surface area contributed by atoms with Crippen LogP contribution in [-0.4, -0.2) is 75.5 Å². The van der Waals surface area contributed by atoms with Crippen LogP contribution in [0.4, 0.5) is 11.4 Å². The Kier molecular flexibility index (Phi) is 17.7. The molecule has 0 aliphatic heterocycles. The van der Waals surface area contributed by atoms with E-state index in [9.17, 15) is 0 Å². The summed E-state index contributed by atoms with van der Waals surface area (Å²) < 4.78 is 10.9. The van der Waals surface area contributed by atoms with Gasteiger partial charge in [-0.2, -0.15) is 0 Å². The minimum absolute atomic E-state index is 0. The van der Waals surface area contributed by atoms with Crippen molar-refractivity contribution in [3.05, 3.63) is 60.9 Å². The number of fused-ring (bicyclic) bond motifs is 2. The molecule has 0 aliphatic rings. The van der Waals surface area contributed by atoms with Crippen molar-refractivity contribution in [1.29, 1.82) is 0 Å². The zero-order chi connectivity index (χ0) is 30.3. The third-order valence-corrected chi connectivity index (χ3v) is 7.57. The summed E-state index contributed by atoms with van der Waals surface area (Å²) in [6.07, 6.45) is 8.06. The van der Waals surface area contributed by atoms with Gasteiger partial charge in [-0.15, -0.1) is 24.8 Å². The number of benzene rings is 2. The van der Waals surface area contributed by atoms with E-state index in [1.807, 2.05) is 48.8 Å². The highest BCUT2D eigenvalue weighted by Gasteiger charge is 2.10. The van der Waals surface area contributed by atoms with Crippen LogP contribution in [0, 0.1) is 0 Å². The van der Waals surface area contributed by atoms with Crippen LogP contribution >= 0.6 is 24.8 Å². The number of ether oxygens (including phenoxy) is 2. The van der Waals surface area contributed by atoms with E-state index in [2.05, 4.69) is 62.5 Å². The van der Waals surface area contributed by atoms with Crippen molar-refractivity contribution < 1.29 is 9.47 Å². The summed E-state index contributed by atoms with van der Waals surface area (Å²) in [5.74, 6) is 1.69. The lowest BCUT2D eigenvalue weighted by molar-refractivity contribution is 0.415. The third kappa shape index (κ3) is 12.3. The molecule has 0 spiro atoms. The average molecular weight is 661 g/mol. The van der Waals surface area contributed by atoms with Crippen LogP contribution in [0.5, 0.6) is 11.5 Å². The Balaban J connectivity index is 0.00000353. The first kappa shape index (κ1) is 38.1. The van der Waals surface area contributed by atoms with E-state index >= 15 is 0 Å². The maximum Gasteiger partial charge on any atom is 0.121 e. The Morgan fingerprint density at radius 1 is 0.600 bits per heavy atom. The van der Waals surface area contributed by atoms with E-state index in [1.54, 1.807) is 14.2 Å². The average Bonchev–Trinajstić information content (AvgIpc) is 3.03. The minimum atomic E-state index is 0. The van der Waals surface area contributed by atoms with Crippen LogP contribution in [0.15, 0.2) is 60.9 Å². The van der Waals surface area contributed by atoms with Crippen molar-refractivity contribution in [3.8, 4) is 11.5 Å². The highest BCUT2D eigenvalue weighted by atomic mass is 35.5. The van der Waals surface area contributed by atoms with Crippen molar-refractivity contribution in [2.24, 2.45) is 0 Å². The number of anilines is 2. The van der Waals surface area contributed by atoms with Crippen molar-refractivity contribution in [3.63, 3.8) is 0 Å². The summed E-state index contributed by atoms with van der Waals surface area (Å²) >= 11 is 0. The van der Waals surface area contributed by atoms with Crippen LogP contribution in [0.1, 0.15) is 39.5 Å². The van der Waals surface area contributed by atoms with E-state index in [-0.39, 0.29) is 24.8 Å². The molecule has 2 atom stereocenters. The Morgan fingerprint density at radius 2 is 1.00 bits per heavy atom. The van der Waals surface area contributed by atoms with Gasteiger partial charge in [0.2, 0.25) is 0 Å². The molecule has 5 N–H and O–H groups in total. The van der Waals surface area contributed by atoms with Crippen molar-refractivity contribution in [1.82, 2.24) is 25.9 Å². The highest BCUT2D eigenvalue weighted by molar-refractivity contribution is 5.92. The minimum Gasteiger partial charge on any atom is -0.497 e. The normalized spacial score (nSPS) is 12.2. The lowest BCUT2D eigenvalue weighted by atomic mass is 10.1. The van der Waals surface area contributed by atoms with Gasteiger partial charge in [0.15, 0.2) is 0 Å². The number of halogens is 2. The Bertz CT molecular complexity index is 1310. The molecule has 0 saturated heterocycles. The molecular weight excluding hydrogens is 609 g/mol. The quantitative estimate of drug-likeness (QED) is 0.0702. The molecule has 9 nitrogen and oxygen atoms in total. The molecule has 0 amide bonds. The second-order valence-electron chi connectivity index (χ2n) is 11.1. The molecule has 248 valence electrons. The number of aromatic nitrogens is 2. The molecule has 0 fully saturated rings. The van der Waals surface area contributed by atoms with E-state index in [0.717, 1.165) is 110 Å². The van der Waals surface area contributed by atoms with Gasteiger partial charge >= 0.3 is 0 Å². The summed E-state index contributed by atoms with van der Waals surface area (Å²) in [6.45, 7) is 10.4. The van der Waals surface area contributed by atoms with Crippen LogP contribution in [0.3, 0.4) is 0 Å². The standard InChI is InChI=1S/C34H49N7O2.2ClH/c1-25(40-31-23-29(42-3)21-27-11-7-15-38-33(27)31)9-5-13-35-17-19-37-20-18-36-14-6-10-26(2)41-32-24-30(43-4)22-28-12-8-16-39-34(28)32;;/h7-8,11-12,15-16,21-26,35-37,40-41H,5-6,9-10,13-14,17-20H2,1-4H3;2*1H. The number of rotatable bonds is 20. The fourth-order valence-electron chi connectivity index (χ4n) is 5.26. The molecule has 11 heteroatoms. The van der Waals surface area contributed by atoms with Crippen LogP contribution in [-0.2, 0) is 0 Å². The number of nitrogens with one attached hydrogen (secondary N) is 5. The van der Waals surface area contributed by atoms with Crippen molar-refractivity contribution in [2.75, 3.05) is 64.1 Å². The predicted molar refractivity (Wildman–Crippen MR) is 194 cm³/mol. The van der Waals surface area contributed by atoms with Crippen molar-refractivity contribution >= 4 is 58.0 Å². The molecule has 2 aromatic heterocycles. The maximum absolute atomic E-state index is 5.47. The molecule has 0 saturated carbocycles. The van der Waals surface area contributed by atoms with Gasteiger partial charge in [-0.3, -0.25) is 9.97 Å². The molecule has 45 heavy (non-hydrogen) atoms. The van der Waals surface area contributed by atoms with Gasteiger partial charge in [-0.05, 0) is 76.9 Å². The van der Waals surface area contributed by atoms with Gasteiger partial charge in [-0.1, -0.05) is 12.1 Å². The molecule has 2 heterocycles. The zero-order valence-corrected chi connectivity index (χ0v) is 28.7. The molecular formula is C34H51Cl2N7O2. The number of hydrogen-bond donors (Lipinski definition) is 5. The van der Waals surface area contributed by atoms with Gasteiger partial charge in [0.05, 0.1) is 36.6 Å². The van der Waals surface area contributed by atoms with Crippen LogP contribution in [0.2, 0.25) is 0 Å². The largest absolute Gasteiger partial charge is 0.497 e. The lowest BCUT2D eigenvalue weighted by Gasteiger charge is -2.18. The molecule has 4 aromatic rings. The predicted octanol–water partition coefficient (Wildman–Crippen LogP) is 6.27.